The minimum Gasteiger partial charge on any atom is -0.338 e. The number of carbonyl (C=O) groups excluding carboxylic acids is 1. The molecule has 0 atom stereocenters. The van der Waals surface area contributed by atoms with Gasteiger partial charge in [-0.1, -0.05) is 11.2 Å². The zero-order valence-corrected chi connectivity index (χ0v) is 16.9. The normalized spacial score (nSPS) is 15.3. The van der Waals surface area contributed by atoms with E-state index in [4.69, 9.17) is 4.52 Å². The second kappa shape index (κ2) is 7.85. The van der Waals surface area contributed by atoms with E-state index in [0.29, 0.717) is 31.3 Å². The van der Waals surface area contributed by atoms with Crippen LogP contribution in [0.1, 0.15) is 16.2 Å². The molecule has 1 saturated heterocycles. The number of hydrogen-bond acceptors (Lipinski definition) is 6. The van der Waals surface area contributed by atoms with Crippen molar-refractivity contribution >= 4 is 39.8 Å². The molecular weight excluding hydrogens is 463 g/mol. The fourth-order valence-electron chi connectivity index (χ4n) is 2.90. The van der Waals surface area contributed by atoms with E-state index in [9.17, 15) is 4.79 Å². The van der Waals surface area contributed by atoms with E-state index in [-0.39, 0.29) is 5.91 Å². The summed E-state index contributed by atoms with van der Waals surface area (Å²) in [5, 5.41) is 6.04. The first-order valence-electron chi connectivity index (χ1n) is 8.33. The quantitative estimate of drug-likeness (QED) is 0.536. The summed E-state index contributed by atoms with van der Waals surface area (Å²) >= 11 is 3.84. The number of rotatable bonds is 4. The molecule has 4 rings (SSSR count). The smallest absolute Gasteiger partial charge is 0.253 e. The van der Waals surface area contributed by atoms with E-state index in [1.807, 2.05) is 46.7 Å². The lowest BCUT2D eigenvalue weighted by Crippen LogP contribution is -2.48. The van der Waals surface area contributed by atoms with Gasteiger partial charge in [-0.15, -0.1) is 11.3 Å². The summed E-state index contributed by atoms with van der Waals surface area (Å²) in [6, 6.07) is 11.7. The summed E-state index contributed by atoms with van der Waals surface area (Å²) < 4.78 is 6.50. The lowest BCUT2D eigenvalue weighted by Gasteiger charge is -2.34. The highest BCUT2D eigenvalue weighted by Crippen LogP contribution is 2.22. The first-order valence-corrected chi connectivity index (χ1v) is 10.3. The summed E-state index contributed by atoms with van der Waals surface area (Å²) in [6.07, 6.45) is 0. The molecule has 0 N–H and O–H groups in total. The van der Waals surface area contributed by atoms with Crippen molar-refractivity contribution in [3.05, 3.63) is 56.8 Å². The summed E-state index contributed by atoms with van der Waals surface area (Å²) in [6.45, 7) is 3.62. The summed E-state index contributed by atoms with van der Waals surface area (Å²) in [5.41, 5.74) is 0.747. The van der Waals surface area contributed by atoms with Crippen LogP contribution >= 0.6 is 33.9 Å². The number of halogens is 1. The first kappa shape index (κ1) is 17.6. The molecule has 0 radical (unpaired) electrons. The van der Waals surface area contributed by atoms with Crippen molar-refractivity contribution < 1.29 is 9.32 Å². The molecule has 0 bridgehead atoms. The largest absolute Gasteiger partial charge is 0.338 e. The van der Waals surface area contributed by atoms with Crippen LogP contribution in [-0.4, -0.2) is 52.0 Å². The van der Waals surface area contributed by atoms with Crippen LogP contribution in [0.3, 0.4) is 0 Å². The summed E-state index contributed by atoms with van der Waals surface area (Å²) in [7, 11) is 0. The summed E-state index contributed by atoms with van der Waals surface area (Å²) in [5.74, 6) is 1.35. The third-order valence-electron chi connectivity index (χ3n) is 4.32. The second-order valence-electron chi connectivity index (χ2n) is 6.06. The van der Waals surface area contributed by atoms with Crippen molar-refractivity contribution in [3.8, 4) is 10.7 Å². The van der Waals surface area contributed by atoms with Gasteiger partial charge in [-0.05, 0) is 58.3 Å². The molecule has 3 aromatic rings. The van der Waals surface area contributed by atoms with E-state index in [2.05, 4.69) is 37.6 Å². The number of thiophene rings is 1. The fourth-order valence-corrected chi connectivity index (χ4v) is 3.91. The molecule has 0 aliphatic carbocycles. The Kier molecular flexibility index (Phi) is 5.32. The van der Waals surface area contributed by atoms with Crippen molar-refractivity contribution in [2.45, 2.75) is 6.54 Å². The van der Waals surface area contributed by atoms with Crippen LogP contribution in [-0.2, 0) is 6.54 Å². The van der Waals surface area contributed by atoms with Crippen LogP contribution in [0.2, 0.25) is 0 Å². The zero-order valence-electron chi connectivity index (χ0n) is 14.0. The van der Waals surface area contributed by atoms with Crippen LogP contribution in [0.5, 0.6) is 0 Å². The Morgan fingerprint density at radius 2 is 1.92 bits per heavy atom. The molecule has 1 aromatic carbocycles. The van der Waals surface area contributed by atoms with E-state index in [1.165, 1.54) is 0 Å². The maximum Gasteiger partial charge on any atom is 0.253 e. The zero-order chi connectivity index (χ0) is 17.9. The van der Waals surface area contributed by atoms with Crippen molar-refractivity contribution in [1.29, 1.82) is 0 Å². The average molecular weight is 480 g/mol. The minimum atomic E-state index is 0.0961. The van der Waals surface area contributed by atoms with Crippen LogP contribution in [0, 0.1) is 3.57 Å². The maximum absolute atomic E-state index is 12.6. The highest BCUT2D eigenvalue weighted by molar-refractivity contribution is 14.1. The first-order chi connectivity index (χ1) is 12.7. The summed E-state index contributed by atoms with van der Waals surface area (Å²) in [4.78, 5) is 22.2. The van der Waals surface area contributed by atoms with Gasteiger partial charge in [0.2, 0.25) is 11.7 Å². The topological polar surface area (TPSA) is 62.5 Å². The van der Waals surface area contributed by atoms with Crippen molar-refractivity contribution in [3.63, 3.8) is 0 Å². The predicted molar refractivity (Wildman–Crippen MR) is 108 cm³/mol. The average Bonchev–Trinajstić information content (AvgIpc) is 3.34. The SMILES string of the molecule is O=C(c1ccc(I)cc1)N1CCN(Cc2nc(-c3cccs3)no2)CC1. The van der Waals surface area contributed by atoms with Gasteiger partial charge < -0.3 is 9.42 Å². The van der Waals surface area contributed by atoms with Gasteiger partial charge in [0.15, 0.2) is 0 Å². The van der Waals surface area contributed by atoms with Crippen LogP contribution in [0.15, 0.2) is 46.3 Å². The Labute approximate surface area is 168 Å². The molecule has 0 unspecified atom stereocenters. The number of nitrogens with zero attached hydrogens (tertiary/aromatic N) is 4. The van der Waals surface area contributed by atoms with Gasteiger partial charge in [-0.25, -0.2) is 0 Å². The van der Waals surface area contributed by atoms with Crippen molar-refractivity contribution in [2.75, 3.05) is 26.2 Å². The molecular formula is C18H17IN4O2S. The molecule has 26 heavy (non-hydrogen) atoms. The van der Waals surface area contributed by atoms with Crippen molar-refractivity contribution in [1.82, 2.24) is 19.9 Å². The van der Waals surface area contributed by atoms with Gasteiger partial charge in [0.25, 0.3) is 5.91 Å². The Hall–Kier alpha value is -1.78. The number of hydrogen-bond donors (Lipinski definition) is 0. The maximum atomic E-state index is 12.6. The van der Waals surface area contributed by atoms with Crippen LogP contribution in [0.25, 0.3) is 10.7 Å². The van der Waals surface area contributed by atoms with Gasteiger partial charge >= 0.3 is 0 Å². The van der Waals surface area contributed by atoms with E-state index in [1.54, 1.807) is 11.3 Å². The number of amides is 1. The number of benzene rings is 1. The lowest BCUT2D eigenvalue weighted by molar-refractivity contribution is 0.0615. The highest BCUT2D eigenvalue weighted by Gasteiger charge is 2.23. The minimum absolute atomic E-state index is 0.0961. The molecule has 1 aliphatic heterocycles. The van der Waals surface area contributed by atoms with Gasteiger partial charge in [0.1, 0.15) is 0 Å². The Bertz CT molecular complexity index is 871. The van der Waals surface area contributed by atoms with Gasteiger partial charge in [0.05, 0.1) is 11.4 Å². The van der Waals surface area contributed by atoms with E-state index >= 15 is 0 Å². The molecule has 0 saturated carbocycles. The molecule has 0 spiro atoms. The number of aromatic nitrogens is 2. The molecule has 3 heterocycles. The van der Waals surface area contributed by atoms with E-state index < -0.39 is 0 Å². The van der Waals surface area contributed by atoms with Crippen LogP contribution < -0.4 is 0 Å². The molecule has 1 fully saturated rings. The molecule has 134 valence electrons. The molecule has 1 amide bonds. The van der Waals surface area contributed by atoms with Crippen LogP contribution in [0.4, 0.5) is 0 Å². The number of carbonyl (C=O) groups is 1. The highest BCUT2D eigenvalue weighted by atomic mass is 127. The molecule has 1 aliphatic rings. The lowest BCUT2D eigenvalue weighted by atomic mass is 10.2. The predicted octanol–water partition coefficient (Wildman–Crippen LogP) is 3.36. The monoisotopic (exact) mass is 480 g/mol. The van der Waals surface area contributed by atoms with E-state index in [0.717, 1.165) is 27.1 Å². The third-order valence-corrected chi connectivity index (χ3v) is 5.90. The Balaban J connectivity index is 1.32. The van der Waals surface area contributed by atoms with Crippen molar-refractivity contribution in [2.24, 2.45) is 0 Å². The number of piperazine rings is 1. The van der Waals surface area contributed by atoms with Gasteiger partial charge in [-0.2, -0.15) is 4.98 Å². The molecule has 2 aromatic heterocycles. The molecule has 8 heteroatoms. The Morgan fingerprint density at radius 1 is 1.15 bits per heavy atom. The molecule has 6 nitrogen and oxygen atoms in total. The Morgan fingerprint density at radius 3 is 2.62 bits per heavy atom. The second-order valence-corrected chi connectivity index (χ2v) is 8.26. The third kappa shape index (κ3) is 3.97. The van der Waals surface area contributed by atoms with Gasteiger partial charge in [-0.3, -0.25) is 9.69 Å². The van der Waals surface area contributed by atoms with Gasteiger partial charge in [0, 0.05) is 35.3 Å². The fraction of sp³-hybridized carbons (Fsp3) is 0.278. The standard InChI is InChI=1S/C18H17IN4O2S/c19-14-5-3-13(4-6-14)18(24)23-9-7-22(8-10-23)12-16-20-17(21-25-16)15-2-1-11-26-15/h1-6,11H,7-10,12H2.